The van der Waals surface area contributed by atoms with Crippen molar-refractivity contribution < 1.29 is 14.6 Å². The summed E-state index contributed by atoms with van der Waals surface area (Å²) in [5, 5.41) is 18.0. The quantitative estimate of drug-likeness (QED) is 0.513. The van der Waals surface area contributed by atoms with Crippen LogP contribution in [0.5, 0.6) is 11.5 Å². The first-order chi connectivity index (χ1) is 16.1. The number of carbonyl (C=O) groups excluding carboxylic acids is 1. The molecule has 3 aromatic rings. The second-order valence-corrected chi connectivity index (χ2v) is 8.15. The zero-order valence-corrected chi connectivity index (χ0v) is 18.1. The lowest BCUT2D eigenvalue weighted by atomic mass is 9.96. The Morgan fingerprint density at radius 1 is 1.21 bits per heavy atom. The molecule has 0 spiro atoms. The number of aliphatic hydroxyl groups excluding tert-OH is 1. The number of hydrogen-bond acceptors (Lipinski definition) is 7. The molecule has 8 heteroatoms. The second kappa shape index (κ2) is 8.91. The molecule has 33 heavy (non-hydrogen) atoms. The SMILES string of the molecule is C=CC(=O)N1CCCC(Nc2ncnc3c2C(O)c2cc(Oc4ccccc4)ccc2N3)C1. The van der Waals surface area contributed by atoms with E-state index >= 15 is 0 Å². The van der Waals surface area contributed by atoms with Gasteiger partial charge in [-0.15, -0.1) is 0 Å². The van der Waals surface area contributed by atoms with Crippen molar-refractivity contribution in [2.24, 2.45) is 0 Å². The highest BCUT2D eigenvalue weighted by molar-refractivity contribution is 5.87. The van der Waals surface area contributed by atoms with Gasteiger partial charge in [-0.05, 0) is 49.2 Å². The van der Waals surface area contributed by atoms with Crippen LogP contribution >= 0.6 is 0 Å². The molecule has 1 aromatic heterocycles. The van der Waals surface area contributed by atoms with Gasteiger partial charge in [-0.1, -0.05) is 24.8 Å². The minimum atomic E-state index is -0.936. The summed E-state index contributed by atoms with van der Waals surface area (Å²) in [4.78, 5) is 22.6. The standard InChI is InChI=1S/C25H25N5O3/c1-2-21(31)30-12-6-7-16(14-30)28-24-22-23(32)19-13-18(33-17-8-4-3-5-9-17)10-11-20(19)29-25(22)27-15-26-24/h2-5,8-11,13,15-16,23,32H,1,6-7,12,14H2,(H2,26,27,28,29). The number of hydrogen-bond donors (Lipinski definition) is 3. The summed E-state index contributed by atoms with van der Waals surface area (Å²) < 4.78 is 5.95. The second-order valence-electron chi connectivity index (χ2n) is 8.15. The van der Waals surface area contributed by atoms with E-state index in [0.29, 0.717) is 41.6 Å². The molecule has 2 aromatic carbocycles. The van der Waals surface area contributed by atoms with E-state index in [2.05, 4.69) is 27.2 Å². The maximum atomic E-state index is 12.0. The van der Waals surface area contributed by atoms with Gasteiger partial charge in [-0.2, -0.15) is 0 Å². The average molecular weight is 444 g/mol. The number of aliphatic hydroxyl groups is 1. The van der Waals surface area contributed by atoms with E-state index < -0.39 is 6.10 Å². The molecule has 2 atom stereocenters. The maximum Gasteiger partial charge on any atom is 0.246 e. The number of ether oxygens (including phenoxy) is 1. The molecule has 1 amide bonds. The highest BCUT2D eigenvalue weighted by Gasteiger charge is 2.31. The molecule has 2 aliphatic heterocycles. The molecule has 0 aliphatic carbocycles. The van der Waals surface area contributed by atoms with Crippen LogP contribution in [0.4, 0.5) is 17.3 Å². The number of para-hydroxylation sites is 1. The zero-order chi connectivity index (χ0) is 22.8. The third-order valence-corrected chi connectivity index (χ3v) is 5.96. The average Bonchev–Trinajstić information content (AvgIpc) is 2.85. The number of fused-ring (bicyclic) bond motifs is 2. The van der Waals surface area contributed by atoms with Crippen LogP contribution in [0.25, 0.3) is 0 Å². The van der Waals surface area contributed by atoms with Crippen molar-refractivity contribution in [1.29, 1.82) is 0 Å². The summed E-state index contributed by atoms with van der Waals surface area (Å²) in [7, 11) is 0. The lowest BCUT2D eigenvalue weighted by Gasteiger charge is -2.34. The first-order valence-corrected chi connectivity index (χ1v) is 11.0. The Labute approximate surface area is 191 Å². The molecular formula is C25H25N5O3. The molecule has 1 fully saturated rings. The van der Waals surface area contributed by atoms with Crippen molar-refractivity contribution in [3.8, 4) is 11.5 Å². The normalized spacial score (nSPS) is 19.0. The summed E-state index contributed by atoms with van der Waals surface area (Å²) in [6, 6.07) is 15.1. The van der Waals surface area contributed by atoms with E-state index in [9.17, 15) is 9.90 Å². The van der Waals surface area contributed by atoms with E-state index in [-0.39, 0.29) is 11.9 Å². The molecular weight excluding hydrogens is 418 g/mol. The summed E-state index contributed by atoms with van der Waals surface area (Å²) in [6.45, 7) is 4.85. The number of amides is 1. The van der Waals surface area contributed by atoms with Crippen LogP contribution in [0.15, 0.2) is 67.5 Å². The molecule has 1 saturated heterocycles. The van der Waals surface area contributed by atoms with E-state index in [0.717, 1.165) is 24.3 Å². The van der Waals surface area contributed by atoms with Crippen molar-refractivity contribution in [2.45, 2.75) is 25.0 Å². The molecule has 0 saturated carbocycles. The molecule has 3 heterocycles. The molecule has 8 nitrogen and oxygen atoms in total. The van der Waals surface area contributed by atoms with Crippen LogP contribution in [0.3, 0.4) is 0 Å². The van der Waals surface area contributed by atoms with E-state index in [1.165, 1.54) is 12.4 Å². The topological polar surface area (TPSA) is 99.6 Å². The van der Waals surface area contributed by atoms with E-state index in [1.54, 1.807) is 4.90 Å². The van der Waals surface area contributed by atoms with Crippen LogP contribution in [0.1, 0.15) is 30.1 Å². The van der Waals surface area contributed by atoms with Gasteiger partial charge in [0.1, 0.15) is 35.6 Å². The van der Waals surface area contributed by atoms with Gasteiger partial charge in [-0.3, -0.25) is 4.79 Å². The first-order valence-electron chi connectivity index (χ1n) is 11.0. The first kappa shape index (κ1) is 21.0. The van der Waals surface area contributed by atoms with Crippen molar-refractivity contribution in [1.82, 2.24) is 14.9 Å². The Bertz CT molecular complexity index is 1180. The molecule has 0 bridgehead atoms. The fraction of sp³-hybridized carbons (Fsp3) is 0.240. The number of nitrogens with one attached hydrogen (secondary N) is 2. The third-order valence-electron chi connectivity index (χ3n) is 5.96. The van der Waals surface area contributed by atoms with Gasteiger partial charge >= 0.3 is 0 Å². The monoisotopic (exact) mass is 443 g/mol. The molecule has 2 aliphatic rings. The van der Waals surface area contributed by atoms with Crippen LogP contribution in [-0.4, -0.2) is 45.0 Å². The number of piperidine rings is 1. The maximum absolute atomic E-state index is 12.0. The van der Waals surface area contributed by atoms with Gasteiger partial charge in [0, 0.05) is 30.4 Å². The van der Waals surface area contributed by atoms with Gasteiger partial charge in [0.05, 0.1) is 5.56 Å². The number of rotatable bonds is 5. The third kappa shape index (κ3) is 4.25. The zero-order valence-electron chi connectivity index (χ0n) is 18.1. The van der Waals surface area contributed by atoms with Crippen LogP contribution in [0.2, 0.25) is 0 Å². The smallest absolute Gasteiger partial charge is 0.246 e. The lowest BCUT2D eigenvalue weighted by molar-refractivity contribution is -0.127. The minimum Gasteiger partial charge on any atom is -0.457 e. The number of benzene rings is 2. The summed E-state index contributed by atoms with van der Waals surface area (Å²) in [5.74, 6) is 2.38. The summed E-state index contributed by atoms with van der Waals surface area (Å²) >= 11 is 0. The fourth-order valence-corrected chi connectivity index (χ4v) is 4.34. The Hall–Kier alpha value is -3.91. The molecule has 2 unspecified atom stereocenters. The Kier molecular flexibility index (Phi) is 5.66. The largest absolute Gasteiger partial charge is 0.457 e. The van der Waals surface area contributed by atoms with Crippen molar-refractivity contribution in [3.05, 3.63) is 78.6 Å². The summed E-state index contributed by atoms with van der Waals surface area (Å²) in [5.41, 5.74) is 2.02. The highest BCUT2D eigenvalue weighted by atomic mass is 16.5. The molecule has 3 N–H and O–H groups in total. The summed E-state index contributed by atoms with van der Waals surface area (Å²) in [6.07, 6.45) is 3.65. The van der Waals surface area contributed by atoms with Crippen LogP contribution in [0, 0.1) is 0 Å². The Balaban J connectivity index is 1.40. The van der Waals surface area contributed by atoms with Gasteiger partial charge in [0.15, 0.2) is 0 Å². The number of likely N-dealkylation sites (tertiary alicyclic amines) is 1. The van der Waals surface area contributed by atoms with Gasteiger partial charge in [0.25, 0.3) is 0 Å². The predicted molar refractivity (Wildman–Crippen MR) is 126 cm³/mol. The number of nitrogens with zero attached hydrogens (tertiary/aromatic N) is 3. The van der Waals surface area contributed by atoms with Crippen molar-refractivity contribution in [3.63, 3.8) is 0 Å². The van der Waals surface area contributed by atoms with Gasteiger partial charge < -0.3 is 25.4 Å². The lowest BCUT2D eigenvalue weighted by Crippen LogP contribution is -2.44. The van der Waals surface area contributed by atoms with Crippen LogP contribution in [-0.2, 0) is 4.79 Å². The molecule has 5 rings (SSSR count). The van der Waals surface area contributed by atoms with Gasteiger partial charge in [-0.25, -0.2) is 9.97 Å². The van der Waals surface area contributed by atoms with E-state index in [4.69, 9.17) is 4.74 Å². The van der Waals surface area contributed by atoms with Crippen LogP contribution < -0.4 is 15.4 Å². The highest BCUT2D eigenvalue weighted by Crippen LogP contribution is 2.43. The predicted octanol–water partition coefficient (Wildman–Crippen LogP) is 4.00. The molecule has 0 radical (unpaired) electrons. The Morgan fingerprint density at radius 3 is 2.88 bits per heavy atom. The minimum absolute atomic E-state index is 0.0167. The number of carbonyl (C=O) groups is 1. The van der Waals surface area contributed by atoms with Crippen molar-refractivity contribution in [2.75, 3.05) is 23.7 Å². The van der Waals surface area contributed by atoms with Crippen molar-refractivity contribution >= 4 is 23.2 Å². The fourth-order valence-electron chi connectivity index (χ4n) is 4.34. The Morgan fingerprint density at radius 2 is 2.06 bits per heavy atom. The van der Waals surface area contributed by atoms with E-state index in [1.807, 2.05) is 48.5 Å². The number of anilines is 3. The number of aromatic nitrogens is 2. The molecule has 168 valence electrons. The van der Waals surface area contributed by atoms with Gasteiger partial charge in [0.2, 0.25) is 5.91 Å².